The van der Waals surface area contributed by atoms with Crippen LogP contribution in [0.5, 0.6) is 0 Å². The lowest BCUT2D eigenvalue weighted by atomic mass is 9.90. The van der Waals surface area contributed by atoms with Crippen LogP contribution in [0.15, 0.2) is 78.7 Å². The molecule has 2 aromatic rings. The predicted octanol–water partition coefficient (Wildman–Crippen LogP) is 5.15. The fourth-order valence-electron chi connectivity index (χ4n) is 3.04. The maximum atomic E-state index is 2.33. The van der Waals surface area contributed by atoms with E-state index in [0.717, 1.165) is 0 Å². The molecule has 4 rings (SSSR count). The molecule has 0 aromatic heterocycles. The van der Waals surface area contributed by atoms with Gasteiger partial charge in [-0.2, -0.15) is 0 Å². The summed E-state index contributed by atoms with van der Waals surface area (Å²) >= 11 is 0. The highest BCUT2D eigenvalue weighted by Gasteiger charge is 2.22. The van der Waals surface area contributed by atoms with E-state index in [1.54, 1.807) is 0 Å². The molecule has 1 nitrogen and oxygen atoms in total. The molecule has 0 bridgehead atoms. The minimum Gasteiger partial charge on any atom is -0.343 e. The smallest absolute Gasteiger partial charge is 0.0775 e. The standard InChI is InChI=1S/C20H17N/c1-15-9-11-21-12-10-17-7-8-18(14-19(17)20(21)13-15)16-5-3-2-4-6-16/h2-14,20H,1H3. The Hall–Kier alpha value is -2.54. The van der Waals surface area contributed by atoms with Crippen LogP contribution in [-0.4, -0.2) is 4.90 Å². The third-order valence-corrected chi connectivity index (χ3v) is 4.19. The maximum absolute atomic E-state index is 2.33. The average molecular weight is 271 g/mol. The summed E-state index contributed by atoms with van der Waals surface area (Å²) in [6.45, 7) is 2.16. The SMILES string of the molecule is CC1=CC2c3cc(-c4ccccc4)ccc3C=CN2C=C1. The normalized spacial score (nSPS) is 19.0. The number of nitrogens with zero attached hydrogens (tertiary/aromatic N) is 1. The molecule has 1 heteroatoms. The van der Waals surface area contributed by atoms with Crippen LogP contribution in [0.1, 0.15) is 24.1 Å². The third kappa shape index (κ3) is 2.11. The van der Waals surface area contributed by atoms with Gasteiger partial charge in [0.25, 0.3) is 0 Å². The van der Waals surface area contributed by atoms with E-state index in [0.29, 0.717) is 6.04 Å². The zero-order valence-electron chi connectivity index (χ0n) is 12.0. The van der Waals surface area contributed by atoms with E-state index < -0.39 is 0 Å². The average Bonchev–Trinajstić information content (AvgIpc) is 2.55. The van der Waals surface area contributed by atoms with E-state index >= 15 is 0 Å². The van der Waals surface area contributed by atoms with Crippen molar-refractivity contribution in [1.29, 1.82) is 0 Å². The number of allylic oxidation sites excluding steroid dienone is 2. The molecule has 1 unspecified atom stereocenters. The second-order valence-electron chi connectivity index (χ2n) is 5.64. The summed E-state index contributed by atoms with van der Waals surface area (Å²) in [4.78, 5) is 2.27. The summed E-state index contributed by atoms with van der Waals surface area (Å²) in [6.07, 6.45) is 11.0. The molecule has 0 saturated heterocycles. The molecule has 102 valence electrons. The van der Waals surface area contributed by atoms with Crippen LogP contribution in [-0.2, 0) is 0 Å². The lowest BCUT2D eigenvalue weighted by Gasteiger charge is -2.33. The van der Waals surface area contributed by atoms with Crippen LogP contribution in [0.3, 0.4) is 0 Å². The number of fused-ring (bicyclic) bond motifs is 3. The van der Waals surface area contributed by atoms with Crippen molar-refractivity contribution < 1.29 is 0 Å². The molecule has 2 aliphatic heterocycles. The summed E-state index contributed by atoms with van der Waals surface area (Å²) in [6, 6.07) is 17.7. The first-order valence-corrected chi connectivity index (χ1v) is 7.33. The minimum absolute atomic E-state index is 0.318. The largest absolute Gasteiger partial charge is 0.343 e. The molecule has 2 aromatic carbocycles. The lowest BCUT2D eigenvalue weighted by molar-refractivity contribution is 0.427. The number of hydrogen-bond donors (Lipinski definition) is 0. The van der Waals surface area contributed by atoms with Gasteiger partial charge in [0.05, 0.1) is 6.04 Å². The molecular weight excluding hydrogens is 254 g/mol. The second kappa shape index (κ2) is 4.78. The Morgan fingerprint density at radius 1 is 0.857 bits per heavy atom. The van der Waals surface area contributed by atoms with Crippen molar-refractivity contribution in [2.45, 2.75) is 13.0 Å². The van der Waals surface area contributed by atoms with Crippen LogP contribution in [0.2, 0.25) is 0 Å². The molecule has 0 fully saturated rings. The van der Waals surface area contributed by atoms with Gasteiger partial charge < -0.3 is 4.90 Å². The van der Waals surface area contributed by atoms with Gasteiger partial charge in [0.15, 0.2) is 0 Å². The Morgan fingerprint density at radius 2 is 1.67 bits per heavy atom. The van der Waals surface area contributed by atoms with Crippen molar-refractivity contribution in [2.24, 2.45) is 0 Å². The van der Waals surface area contributed by atoms with Crippen molar-refractivity contribution in [3.8, 4) is 11.1 Å². The van der Waals surface area contributed by atoms with Crippen LogP contribution < -0.4 is 0 Å². The molecule has 0 radical (unpaired) electrons. The molecule has 0 saturated carbocycles. The topological polar surface area (TPSA) is 3.24 Å². The summed E-state index contributed by atoms with van der Waals surface area (Å²) in [5, 5.41) is 0. The molecular formula is C20H17N. The van der Waals surface area contributed by atoms with Crippen molar-refractivity contribution in [3.05, 3.63) is 89.8 Å². The molecule has 21 heavy (non-hydrogen) atoms. The van der Waals surface area contributed by atoms with E-state index in [4.69, 9.17) is 0 Å². The maximum Gasteiger partial charge on any atom is 0.0775 e. The molecule has 2 aliphatic rings. The fourth-order valence-corrected chi connectivity index (χ4v) is 3.04. The van der Waals surface area contributed by atoms with Crippen LogP contribution in [0, 0.1) is 0 Å². The first-order chi connectivity index (χ1) is 10.3. The van der Waals surface area contributed by atoms with Crippen LogP contribution in [0.25, 0.3) is 17.2 Å². The molecule has 1 atom stereocenters. The first kappa shape index (κ1) is 12.2. The zero-order valence-corrected chi connectivity index (χ0v) is 12.0. The van der Waals surface area contributed by atoms with E-state index in [1.807, 2.05) is 0 Å². The Morgan fingerprint density at radius 3 is 2.52 bits per heavy atom. The Labute approximate surface area is 125 Å². The van der Waals surface area contributed by atoms with Crippen molar-refractivity contribution in [1.82, 2.24) is 4.90 Å². The van der Waals surface area contributed by atoms with E-state index in [-0.39, 0.29) is 0 Å². The van der Waals surface area contributed by atoms with Gasteiger partial charge in [-0.25, -0.2) is 0 Å². The monoisotopic (exact) mass is 271 g/mol. The molecule has 2 heterocycles. The van der Waals surface area contributed by atoms with Gasteiger partial charge in [0.2, 0.25) is 0 Å². The highest BCUT2D eigenvalue weighted by molar-refractivity contribution is 5.69. The van der Waals surface area contributed by atoms with Gasteiger partial charge in [-0.15, -0.1) is 0 Å². The number of benzene rings is 2. The quantitative estimate of drug-likeness (QED) is 0.693. The summed E-state index contributed by atoms with van der Waals surface area (Å²) in [5.74, 6) is 0. The van der Waals surface area contributed by atoms with Gasteiger partial charge in [0, 0.05) is 12.4 Å². The summed E-state index contributed by atoms with van der Waals surface area (Å²) in [5.41, 5.74) is 6.57. The van der Waals surface area contributed by atoms with Gasteiger partial charge in [-0.1, -0.05) is 54.1 Å². The van der Waals surface area contributed by atoms with Crippen molar-refractivity contribution >= 4 is 6.08 Å². The lowest BCUT2D eigenvalue weighted by Crippen LogP contribution is -2.22. The molecule has 0 spiro atoms. The predicted molar refractivity (Wildman–Crippen MR) is 88.4 cm³/mol. The van der Waals surface area contributed by atoms with Crippen molar-refractivity contribution in [3.63, 3.8) is 0 Å². The summed E-state index contributed by atoms with van der Waals surface area (Å²) in [7, 11) is 0. The van der Waals surface area contributed by atoms with Crippen LogP contribution >= 0.6 is 0 Å². The Bertz CT molecular complexity index is 766. The highest BCUT2D eigenvalue weighted by atomic mass is 15.1. The van der Waals surface area contributed by atoms with Crippen LogP contribution in [0.4, 0.5) is 0 Å². The van der Waals surface area contributed by atoms with Gasteiger partial charge in [-0.05, 0) is 47.4 Å². The van der Waals surface area contributed by atoms with Gasteiger partial charge in [-0.3, -0.25) is 0 Å². The molecule has 0 N–H and O–H groups in total. The Balaban J connectivity index is 1.83. The third-order valence-electron chi connectivity index (χ3n) is 4.19. The van der Waals surface area contributed by atoms with E-state index in [1.165, 1.54) is 27.8 Å². The highest BCUT2D eigenvalue weighted by Crippen LogP contribution is 2.36. The zero-order chi connectivity index (χ0) is 14.2. The molecule has 0 amide bonds. The first-order valence-electron chi connectivity index (χ1n) is 7.33. The van der Waals surface area contributed by atoms with Crippen molar-refractivity contribution in [2.75, 3.05) is 0 Å². The second-order valence-corrected chi connectivity index (χ2v) is 5.64. The van der Waals surface area contributed by atoms with Gasteiger partial charge >= 0.3 is 0 Å². The summed E-state index contributed by atoms with van der Waals surface area (Å²) < 4.78 is 0. The number of hydrogen-bond acceptors (Lipinski definition) is 1. The van der Waals surface area contributed by atoms with Gasteiger partial charge in [0.1, 0.15) is 0 Å². The fraction of sp³-hybridized carbons (Fsp3) is 0.100. The van der Waals surface area contributed by atoms with E-state index in [2.05, 4.69) is 91.0 Å². The minimum atomic E-state index is 0.318. The number of rotatable bonds is 1. The Kier molecular flexibility index (Phi) is 2.78. The van der Waals surface area contributed by atoms with E-state index in [9.17, 15) is 0 Å². The molecule has 0 aliphatic carbocycles.